The topological polar surface area (TPSA) is 102 Å². The van der Waals surface area contributed by atoms with Gasteiger partial charge in [0.25, 0.3) is 17.7 Å². The van der Waals surface area contributed by atoms with Crippen molar-refractivity contribution in [3.8, 4) is 5.75 Å². The Balaban J connectivity index is 1.81. The summed E-state index contributed by atoms with van der Waals surface area (Å²) >= 11 is 8.43. The Labute approximate surface area is 263 Å². The molecule has 1 aliphatic heterocycles. The highest BCUT2D eigenvalue weighted by Crippen LogP contribution is 2.39. The minimum absolute atomic E-state index is 0.0165. The van der Waals surface area contributed by atoms with Gasteiger partial charge in [-0.1, -0.05) is 26.0 Å². The van der Waals surface area contributed by atoms with Crippen molar-refractivity contribution >= 4 is 120 Å². The number of para-hydroxylation sites is 2. The number of carbonyl (C=O) groups is 4. The number of hydrogen-bond donors (Lipinski definition) is 1. The monoisotopic (exact) mass is 942 g/mol. The van der Waals surface area contributed by atoms with Crippen LogP contribution in [0.5, 0.6) is 5.75 Å². The lowest BCUT2D eigenvalue weighted by molar-refractivity contribution is -0.151. The number of fused-ring (bicyclic) bond motifs is 1. The Kier molecular flexibility index (Phi) is 10.6. The van der Waals surface area contributed by atoms with Crippen LogP contribution in [0.15, 0.2) is 24.3 Å². The molecule has 0 radical (unpaired) electrons. The van der Waals surface area contributed by atoms with Gasteiger partial charge in [-0.05, 0) is 122 Å². The molecule has 1 atom stereocenters. The molecule has 2 aromatic rings. The summed E-state index contributed by atoms with van der Waals surface area (Å²) in [4.78, 5) is 53.5. The maximum atomic E-state index is 13.4. The number of ether oxygens (including phenoxy) is 2. The summed E-state index contributed by atoms with van der Waals surface area (Å²) < 4.78 is 13.9. The fourth-order valence-corrected chi connectivity index (χ4v) is 7.32. The quantitative estimate of drug-likeness (QED) is 0.114. The van der Waals surface area contributed by atoms with Gasteiger partial charge in [0.15, 0.2) is 6.61 Å². The molecule has 3 amide bonds. The average molecular weight is 942 g/mol. The molecule has 0 spiro atoms. The summed E-state index contributed by atoms with van der Waals surface area (Å²) in [7, 11) is 0. The Hall–Kier alpha value is -0.760. The first-order valence-electron chi connectivity index (χ1n) is 10.9. The molecule has 12 heteroatoms. The number of carbonyl (C=O) groups excluding carboxylic acids is 4. The highest BCUT2D eigenvalue weighted by Gasteiger charge is 2.47. The van der Waals surface area contributed by atoms with Crippen LogP contribution in [0, 0.1) is 20.2 Å². The van der Waals surface area contributed by atoms with Gasteiger partial charge in [-0.25, -0.2) is 4.79 Å². The van der Waals surface area contributed by atoms with Gasteiger partial charge < -0.3 is 14.8 Å². The van der Waals surface area contributed by atoms with Crippen LogP contribution in [-0.2, 0) is 14.3 Å². The second-order valence-corrected chi connectivity index (χ2v) is 12.5. The van der Waals surface area contributed by atoms with Gasteiger partial charge in [-0.3, -0.25) is 19.3 Å². The van der Waals surface area contributed by atoms with Crippen LogP contribution in [0.25, 0.3) is 0 Å². The molecular formula is C24H22I4N2O6. The van der Waals surface area contributed by atoms with E-state index < -0.39 is 36.3 Å². The molecule has 0 aromatic heterocycles. The summed E-state index contributed by atoms with van der Waals surface area (Å²) in [5.74, 6) is -1.93. The van der Waals surface area contributed by atoms with Gasteiger partial charge in [-0.2, -0.15) is 0 Å². The lowest BCUT2D eigenvalue weighted by atomic mass is 10.0. The van der Waals surface area contributed by atoms with E-state index in [0.29, 0.717) is 36.3 Å². The molecule has 36 heavy (non-hydrogen) atoms. The predicted octanol–water partition coefficient (Wildman–Crippen LogP) is 5.70. The van der Waals surface area contributed by atoms with Gasteiger partial charge in [0.2, 0.25) is 0 Å². The number of hydrogen-bond acceptors (Lipinski definition) is 6. The first kappa shape index (κ1) is 29.8. The van der Waals surface area contributed by atoms with Gasteiger partial charge in [0.1, 0.15) is 11.8 Å². The van der Waals surface area contributed by atoms with Crippen LogP contribution in [0.3, 0.4) is 0 Å². The lowest BCUT2D eigenvalue weighted by Crippen LogP contribution is -2.47. The number of nitrogens with zero attached hydrogens (tertiary/aromatic N) is 1. The van der Waals surface area contributed by atoms with E-state index in [1.54, 1.807) is 24.3 Å². The van der Waals surface area contributed by atoms with E-state index in [0.717, 1.165) is 12.0 Å². The van der Waals surface area contributed by atoms with Gasteiger partial charge in [-0.15, -0.1) is 0 Å². The third kappa shape index (κ3) is 6.27. The van der Waals surface area contributed by atoms with Crippen LogP contribution in [0.1, 0.15) is 47.9 Å². The van der Waals surface area contributed by atoms with Crippen molar-refractivity contribution in [1.29, 1.82) is 0 Å². The second kappa shape index (κ2) is 12.9. The summed E-state index contributed by atoms with van der Waals surface area (Å²) in [6, 6.07) is 5.77. The van der Waals surface area contributed by atoms with Crippen LogP contribution in [0.2, 0.25) is 0 Å². The van der Waals surface area contributed by atoms with Crippen molar-refractivity contribution in [2.75, 3.05) is 18.5 Å². The first-order valence-corrected chi connectivity index (χ1v) is 15.2. The van der Waals surface area contributed by atoms with Crippen molar-refractivity contribution in [3.05, 3.63) is 49.7 Å². The largest absolute Gasteiger partial charge is 0.492 e. The average Bonchev–Trinajstić information content (AvgIpc) is 3.09. The normalized spacial score (nSPS) is 13.6. The van der Waals surface area contributed by atoms with Gasteiger partial charge >= 0.3 is 5.97 Å². The lowest BCUT2D eigenvalue weighted by Gasteiger charge is -2.26. The van der Waals surface area contributed by atoms with Crippen LogP contribution in [-0.4, -0.2) is 47.8 Å². The first-order chi connectivity index (χ1) is 17.0. The Morgan fingerprint density at radius 1 is 0.944 bits per heavy atom. The van der Waals surface area contributed by atoms with E-state index in [4.69, 9.17) is 9.47 Å². The number of amides is 3. The number of rotatable bonds is 9. The maximum absolute atomic E-state index is 13.4. The number of nitrogens with one attached hydrogen (secondary N) is 1. The van der Waals surface area contributed by atoms with Crippen LogP contribution in [0.4, 0.5) is 5.69 Å². The zero-order valence-corrected chi connectivity index (χ0v) is 28.1. The van der Waals surface area contributed by atoms with E-state index in [9.17, 15) is 19.2 Å². The zero-order valence-electron chi connectivity index (χ0n) is 19.5. The van der Waals surface area contributed by atoms with Crippen molar-refractivity contribution in [3.63, 3.8) is 0 Å². The molecule has 8 nitrogen and oxygen atoms in total. The third-order valence-corrected chi connectivity index (χ3v) is 12.6. The van der Waals surface area contributed by atoms with Crippen LogP contribution < -0.4 is 10.1 Å². The van der Waals surface area contributed by atoms with Crippen molar-refractivity contribution in [1.82, 2.24) is 4.90 Å². The number of anilines is 1. The van der Waals surface area contributed by atoms with E-state index in [2.05, 4.69) is 95.7 Å². The Morgan fingerprint density at radius 2 is 1.50 bits per heavy atom. The fourth-order valence-electron chi connectivity index (χ4n) is 3.67. The summed E-state index contributed by atoms with van der Waals surface area (Å²) in [5.41, 5.74) is 1.07. The van der Waals surface area contributed by atoms with Crippen molar-refractivity contribution in [2.45, 2.75) is 33.2 Å². The predicted molar refractivity (Wildman–Crippen MR) is 168 cm³/mol. The number of imide groups is 1. The smallest absolute Gasteiger partial charge is 0.329 e. The summed E-state index contributed by atoms with van der Waals surface area (Å²) in [6.07, 6.45) is 0.209. The Morgan fingerprint density at radius 3 is 2.03 bits per heavy atom. The molecule has 1 aliphatic rings. The molecule has 0 saturated heterocycles. The highest BCUT2D eigenvalue weighted by atomic mass is 127. The molecule has 0 aliphatic carbocycles. The van der Waals surface area contributed by atoms with Crippen LogP contribution >= 0.6 is 90.4 Å². The second-order valence-electron chi connectivity index (χ2n) is 8.22. The minimum atomic E-state index is -1.15. The van der Waals surface area contributed by atoms with Crippen molar-refractivity contribution in [2.24, 2.45) is 5.92 Å². The summed E-state index contributed by atoms with van der Waals surface area (Å²) in [5, 5.41) is 2.67. The van der Waals surface area contributed by atoms with E-state index in [1.165, 1.54) is 0 Å². The van der Waals surface area contributed by atoms with E-state index in [-0.39, 0.29) is 12.3 Å². The molecule has 192 valence electrons. The van der Waals surface area contributed by atoms with E-state index in [1.807, 2.05) is 20.8 Å². The number of benzene rings is 2. The third-order valence-electron chi connectivity index (χ3n) is 5.22. The molecule has 0 fully saturated rings. The Bertz CT molecular complexity index is 1190. The highest BCUT2D eigenvalue weighted by molar-refractivity contribution is 14.1. The standard InChI is InChI=1S/C24H22I4N2O6/c1-4-35-14-8-6-5-7-12(14)29-15(31)10-36-24(34)13(9-11(2)3)30-22(32)16-17(23(30)33)19(26)21(28)20(27)18(16)25/h5-8,11,13H,4,9-10H2,1-3H3,(H,29,31)/t13-/m1/s1. The SMILES string of the molecule is CCOc1ccccc1NC(=O)COC(=O)[C@@H](CC(C)C)N1C(=O)c2c(I)c(I)c(I)c(I)c2C1=O. The van der Waals surface area contributed by atoms with Crippen molar-refractivity contribution < 1.29 is 28.7 Å². The number of esters is 1. The molecule has 0 saturated carbocycles. The summed E-state index contributed by atoms with van der Waals surface area (Å²) in [6.45, 7) is 5.46. The van der Waals surface area contributed by atoms with E-state index >= 15 is 0 Å². The fraction of sp³-hybridized carbons (Fsp3) is 0.333. The molecule has 0 bridgehead atoms. The molecular weight excluding hydrogens is 920 g/mol. The molecule has 1 N–H and O–H groups in total. The molecule has 1 heterocycles. The zero-order chi connectivity index (χ0) is 26.7. The minimum Gasteiger partial charge on any atom is -0.492 e. The maximum Gasteiger partial charge on any atom is 0.329 e. The van der Waals surface area contributed by atoms with Gasteiger partial charge in [0.05, 0.1) is 23.4 Å². The number of halogens is 4. The molecule has 0 unspecified atom stereocenters. The molecule has 2 aromatic carbocycles. The molecule has 3 rings (SSSR count). The van der Waals surface area contributed by atoms with Gasteiger partial charge in [0, 0.05) is 14.3 Å².